The van der Waals surface area contributed by atoms with Crippen LogP contribution in [0.1, 0.15) is 17.0 Å². The van der Waals surface area contributed by atoms with E-state index in [9.17, 15) is 32.7 Å². The minimum absolute atomic E-state index is 0.105. The number of fused-ring (bicyclic) bond motifs is 3. The summed E-state index contributed by atoms with van der Waals surface area (Å²) in [6.07, 6.45) is -6.13. The number of likely N-dealkylation sites (N-methyl/N-ethyl adjacent to an activating group) is 1. The fraction of sp³-hybridized carbons (Fsp3) is 0.375. The number of carboxylic acids is 1. The Hall–Kier alpha value is -3.60. The van der Waals surface area contributed by atoms with Gasteiger partial charge in [0.25, 0.3) is 0 Å². The van der Waals surface area contributed by atoms with Gasteiger partial charge in [0.1, 0.15) is 12.6 Å². The van der Waals surface area contributed by atoms with Crippen LogP contribution in [0.5, 0.6) is 0 Å². The van der Waals surface area contributed by atoms with Crippen molar-refractivity contribution in [1.82, 2.24) is 15.5 Å². The predicted octanol–water partition coefficient (Wildman–Crippen LogP) is 2.83. The molecule has 35 heavy (non-hydrogen) atoms. The molecule has 0 bridgehead atoms. The number of nitrogens with one attached hydrogen (secondary N) is 2. The van der Waals surface area contributed by atoms with Gasteiger partial charge in [-0.15, -0.1) is 0 Å². The molecular formula is C24H26F3N3O5. The van der Waals surface area contributed by atoms with E-state index in [2.05, 4.69) is 0 Å². The van der Waals surface area contributed by atoms with Gasteiger partial charge < -0.3 is 25.4 Å². The van der Waals surface area contributed by atoms with Crippen molar-refractivity contribution in [1.29, 1.82) is 0 Å². The number of nitrogens with zero attached hydrogens (tertiary/aromatic N) is 1. The number of ether oxygens (including phenoxy) is 1. The lowest BCUT2D eigenvalue weighted by Gasteiger charge is -2.24. The summed E-state index contributed by atoms with van der Waals surface area (Å²) in [5.74, 6) is -5.95. The topological polar surface area (TPSA) is 108 Å². The van der Waals surface area contributed by atoms with E-state index < -0.39 is 42.7 Å². The van der Waals surface area contributed by atoms with Crippen molar-refractivity contribution in [2.75, 3.05) is 33.8 Å². The summed E-state index contributed by atoms with van der Waals surface area (Å²) in [5, 5.41) is 13.0. The third-order valence-corrected chi connectivity index (χ3v) is 5.67. The van der Waals surface area contributed by atoms with Crippen LogP contribution < -0.4 is 10.6 Å². The molecule has 2 amide bonds. The Balaban J connectivity index is 1.62. The van der Waals surface area contributed by atoms with Gasteiger partial charge in [-0.3, -0.25) is 4.79 Å². The van der Waals surface area contributed by atoms with Gasteiger partial charge in [0.2, 0.25) is 5.91 Å². The first kappa shape index (κ1) is 26.0. The molecule has 1 aliphatic rings. The highest BCUT2D eigenvalue weighted by Gasteiger charge is 2.46. The molecule has 0 heterocycles. The van der Waals surface area contributed by atoms with E-state index in [-0.39, 0.29) is 19.1 Å². The van der Waals surface area contributed by atoms with E-state index in [4.69, 9.17) is 4.74 Å². The van der Waals surface area contributed by atoms with E-state index in [1.54, 1.807) is 0 Å². The first-order chi connectivity index (χ1) is 16.5. The van der Waals surface area contributed by atoms with Crippen LogP contribution in [0.25, 0.3) is 11.1 Å². The second-order valence-electron chi connectivity index (χ2n) is 8.46. The van der Waals surface area contributed by atoms with Gasteiger partial charge in [-0.05, 0) is 36.3 Å². The van der Waals surface area contributed by atoms with Crippen molar-refractivity contribution in [2.24, 2.45) is 5.92 Å². The fourth-order valence-corrected chi connectivity index (χ4v) is 4.01. The van der Waals surface area contributed by atoms with E-state index in [1.807, 2.05) is 59.2 Å². The molecule has 2 unspecified atom stereocenters. The molecule has 11 heteroatoms. The number of hydrogen-bond acceptors (Lipinski definition) is 5. The van der Waals surface area contributed by atoms with Crippen LogP contribution in [-0.4, -0.2) is 74.0 Å². The lowest BCUT2D eigenvalue weighted by Crippen LogP contribution is -2.53. The Morgan fingerprint density at radius 3 is 2.06 bits per heavy atom. The minimum atomic E-state index is -5.01. The van der Waals surface area contributed by atoms with E-state index in [1.165, 1.54) is 19.0 Å². The van der Waals surface area contributed by atoms with E-state index in [0.29, 0.717) is 0 Å². The second kappa shape index (κ2) is 10.8. The van der Waals surface area contributed by atoms with Crippen LogP contribution in [0.3, 0.4) is 0 Å². The Morgan fingerprint density at radius 2 is 1.57 bits per heavy atom. The lowest BCUT2D eigenvalue weighted by atomic mass is 9.98. The van der Waals surface area contributed by atoms with Gasteiger partial charge in [0.15, 0.2) is 5.92 Å². The van der Waals surface area contributed by atoms with Gasteiger partial charge in [-0.25, -0.2) is 9.59 Å². The Bertz CT molecular complexity index is 1040. The zero-order valence-electron chi connectivity index (χ0n) is 19.1. The normalized spacial score (nSPS) is 14.6. The Kier molecular flexibility index (Phi) is 8.00. The quantitative estimate of drug-likeness (QED) is 0.496. The van der Waals surface area contributed by atoms with Crippen LogP contribution >= 0.6 is 0 Å². The summed E-state index contributed by atoms with van der Waals surface area (Å²) < 4.78 is 45.7. The van der Waals surface area contributed by atoms with E-state index >= 15 is 0 Å². The number of rotatable bonds is 9. The molecule has 0 radical (unpaired) electrons. The maximum absolute atomic E-state index is 13.5. The summed E-state index contributed by atoms with van der Waals surface area (Å²) in [6, 6.07) is 13.6. The minimum Gasteiger partial charge on any atom is -0.480 e. The number of amides is 2. The van der Waals surface area contributed by atoms with Gasteiger partial charge in [-0.1, -0.05) is 48.5 Å². The summed E-state index contributed by atoms with van der Waals surface area (Å²) in [6.45, 7) is -1.40. The van der Waals surface area contributed by atoms with E-state index in [0.717, 1.165) is 22.3 Å². The van der Waals surface area contributed by atoms with Crippen molar-refractivity contribution in [3.63, 3.8) is 0 Å². The third-order valence-electron chi connectivity index (χ3n) is 5.67. The maximum atomic E-state index is 13.5. The van der Waals surface area contributed by atoms with Crippen LogP contribution in [0.15, 0.2) is 48.5 Å². The van der Waals surface area contributed by atoms with Crippen LogP contribution in [0.4, 0.5) is 18.0 Å². The molecule has 0 fully saturated rings. The molecule has 2 atom stereocenters. The number of carbonyl (C=O) groups is 3. The fourth-order valence-electron chi connectivity index (χ4n) is 4.01. The number of carbonyl (C=O) groups excluding carboxylic acids is 2. The summed E-state index contributed by atoms with van der Waals surface area (Å²) >= 11 is 0. The highest BCUT2D eigenvalue weighted by molar-refractivity contribution is 5.86. The Morgan fingerprint density at radius 1 is 1.03 bits per heavy atom. The molecular weight excluding hydrogens is 467 g/mol. The molecule has 2 aromatic carbocycles. The average molecular weight is 493 g/mol. The second-order valence-corrected chi connectivity index (χ2v) is 8.46. The zero-order valence-corrected chi connectivity index (χ0v) is 19.1. The molecule has 188 valence electrons. The Labute approximate surface area is 200 Å². The number of carboxylic acid groups (broad SMARTS) is 1. The van der Waals surface area contributed by atoms with Crippen molar-refractivity contribution < 1.29 is 37.4 Å². The first-order valence-electron chi connectivity index (χ1n) is 10.8. The average Bonchev–Trinajstić information content (AvgIpc) is 3.10. The summed E-state index contributed by atoms with van der Waals surface area (Å²) in [4.78, 5) is 37.2. The number of hydrogen-bond donors (Lipinski definition) is 3. The molecule has 0 aromatic heterocycles. The number of aliphatic carboxylic acids is 1. The number of benzene rings is 2. The zero-order chi connectivity index (χ0) is 25.8. The molecule has 3 rings (SSSR count). The molecule has 0 saturated carbocycles. The monoisotopic (exact) mass is 493 g/mol. The van der Waals surface area contributed by atoms with Gasteiger partial charge in [-0.2, -0.15) is 13.2 Å². The van der Waals surface area contributed by atoms with Gasteiger partial charge >= 0.3 is 18.2 Å². The standard InChI is InChI=1S/C24H26F3N3O5/c1-30(2)12-20(22(32)33)29-21(31)19(24(25,26)27)11-28-23(34)35-13-18-16-9-5-3-7-14(16)15-8-4-6-10-17(15)18/h3-10,18-20H,11-13H2,1-2H3,(H,28,34)(H,29,31)(H,32,33). The van der Waals surface area contributed by atoms with Crippen molar-refractivity contribution >= 4 is 18.0 Å². The lowest BCUT2D eigenvalue weighted by molar-refractivity contribution is -0.182. The smallest absolute Gasteiger partial charge is 0.407 e. The van der Waals surface area contributed by atoms with Crippen molar-refractivity contribution in [3.05, 3.63) is 59.7 Å². The molecule has 0 aliphatic heterocycles. The first-order valence-corrected chi connectivity index (χ1v) is 10.8. The van der Waals surface area contributed by atoms with Gasteiger partial charge in [0.05, 0.1) is 0 Å². The molecule has 0 spiro atoms. The third kappa shape index (κ3) is 6.30. The number of halogens is 3. The largest absolute Gasteiger partial charge is 0.480 e. The van der Waals surface area contributed by atoms with Crippen molar-refractivity contribution in [3.8, 4) is 11.1 Å². The number of alkyl halides is 3. The van der Waals surface area contributed by atoms with Gasteiger partial charge in [0, 0.05) is 19.0 Å². The van der Waals surface area contributed by atoms with Crippen LogP contribution in [0, 0.1) is 5.92 Å². The highest BCUT2D eigenvalue weighted by atomic mass is 19.4. The van der Waals surface area contributed by atoms with Crippen LogP contribution in [0.2, 0.25) is 0 Å². The number of alkyl carbamates (subject to hydrolysis) is 1. The molecule has 3 N–H and O–H groups in total. The summed E-state index contributed by atoms with van der Waals surface area (Å²) in [5.41, 5.74) is 3.87. The molecule has 2 aromatic rings. The highest BCUT2D eigenvalue weighted by Crippen LogP contribution is 2.44. The molecule has 0 saturated heterocycles. The maximum Gasteiger partial charge on any atom is 0.407 e. The summed E-state index contributed by atoms with van der Waals surface area (Å²) in [7, 11) is 3.03. The molecule has 1 aliphatic carbocycles. The van der Waals surface area contributed by atoms with Crippen molar-refractivity contribution in [2.45, 2.75) is 18.1 Å². The SMILES string of the molecule is CN(C)CC(NC(=O)C(CNC(=O)OCC1c2ccccc2-c2ccccc21)C(F)(F)F)C(=O)O. The molecule has 8 nitrogen and oxygen atoms in total. The predicted molar refractivity (Wildman–Crippen MR) is 121 cm³/mol. The van der Waals surface area contributed by atoms with Crippen LogP contribution in [-0.2, 0) is 14.3 Å².